The Labute approximate surface area is 257 Å². The maximum Gasteiger partial charge on any atom is 0.338 e. The molecule has 0 bridgehead atoms. The molecule has 0 spiro atoms. The van der Waals surface area contributed by atoms with Crippen LogP contribution in [0.3, 0.4) is 0 Å². The molecule has 4 atom stereocenters. The predicted octanol–water partition coefficient (Wildman–Crippen LogP) is 5.69. The minimum Gasteiger partial charge on any atom is -0.451 e. The molecule has 42 heavy (non-hydrogen) atoms. The summed E-state index contributed by atoms with van der Waals surface area (Å²) < 4.78 is 36.1. The number of halogens is 1. The first-order chi connectivity index (χ1) is 19.6. The van der Waals surface area contributed by atoms with Crippen molar-refractivity contribution in [3.05, 3.63) is 66.9 Å². The standard InChI is InChI=1S/C29H43BrN2O8Si2/c1-16(2)41(17(3)4)36-15-23-24(39-42(40-41,18(5)6)19(7)8)25(38-28(34)21-10-12-22(30)13-11-21)27(37-23)32-14-20(9)26(33)31-29(32)35/h10-14,16-19,23-25,27H,15H2,1-9H3,(H,31,33,35)/t23-,24-,25?,27+/m0/s1. The number of benzene rings is 1. The smallest absolute Gasteiger partial charge is 0.338 e. The molecule has 0 radical (unpaired) electrons. The minimum absolute atomic E-state index is 0.0316. The number of H-pyrrole nitrogens is 1. The van der Waals surface area contributed by atoms with Crippen molar-refractivity contribution in [1.29, 1.82) is 0 Å². The van der Waals surface area contributed by atoms with E-state index in [9.17, 15) is 14.4 Å². The summed E-state index contributed by atoms with van der Waals surface area (Å²) >= 11 is 3.39. The van der Waals surface area contributed by atoms with Gasteiger partial charge in [0.2, 0.25) is 0 Å². The molecule has 3 heterocycles. The molecule has 2 saturated heterocycles. The molecule has 2 aliphatic rings. The fourth-order valence-corrected chi connectivity index (χ4v) is 17.5. The van der Waals surface area contributed by atoms with Gasteiger partial charge < -0.3 is 22.4 Å². The van der Waals surface area contributed by atoms with E-state index in [1.165, 1.54) is 10.8 Å². The predicted molar refractivity (Wildman–Crippen MR) is 167 cm³/mol. The second kappa shape index (κ2) is 12.6. The quantitative estimate of drug-likeness (QED) is 0.293. The first kappa shape index (κ1) is 33.0. The van der Waals surface area contributed by atoms with E-state index < -0.39 is 58.9 Å². The van der Waals surface area contributed by atoms with Crippen molar-refractivity contribution < 1.29 is 27.2 Å². The highest BCUT2D eigenvalue weighted by Crippen LogP contribution is 2.48. The Balaban J connectivity index is 1.86. The van der Waals surface area contributed by atoms with E-state index in [1.807, 2.05) is 0 Å². The maximum absolute atomic E-state index is 13.5. The van der Waals surface area contributed by atoms with Crippen LogP contribution in [0.2, 0.25) is 22.2 Å². The highest BCUT2D eigenvalue weighted by atomic mass is 79.9. The third kappa shape index (κ3) is 6.06. The molecule has 2 aliphatic heterocycles. The number of nitrogens with zero attached hydrogens (tertiary/aromatic N) is 1. The van der Waals surface area contributed by atoms with Crippen molar-refractivity contribution >= 4 is 39.0 Å². The average Bonchev–Trinajstić information content (AvgIpc) is 3.21. The van der Waals surface area contributed by atoms with Crippen LogP contribution in [0.4, 0.5) is 0 Å². The van der Waals surface area contributed by atoms with Crippen LogP contribution >= 0.6 is 15.9 Å². The number of hydrogen-bond donors (Lipinski definition) is 1. The number of aryl methyl sites for hydroxylation is 1. The molecule has 0 saturated carbocycles. The molecule has 13 heteroatoms. The summed E-state index contributed by atoms with van der Waals surface area (Å²) in [6.45, 7) is 18.7. The van der Waals surface area contributed by atoms with E-state index in [4.69, 9.17) is 22.4 Å². The lowest BCUT2D eigenvalue weighted by Crippen LogP contribution is -2.66. The number of carbonyl (C=O) groups excluding carboxylic acids is 1. The Hall–Kier alpha value is -1.88. The van der Waals surface area contributed by atoms with Crippen LogP contribution in [0.1, 0.15) is 77.5 Å². The third-order valence-electron chi connectivity index (χ3n) is 8.36. The number of nitrogens with one attached hydrogen (secondary N) is 1. The van der Waals surface area contributed by atoms with Gasteiger partial charge in [-0.25, -0.2) is 9.59 Å². The molecule has 1 N–H and O–H groups in total. The summed E-state index contributed by atoms with van der Waals surface area (Å²) in [4.78, 5) is 41.1. The van der Waals surface area contributed by atoms with Crippen LogP contribution in [-0.4, -0.2) is 57.6 Å². The van der Waals surface area contributed by atoms with Crippen molar-refractivity contribution in [1.82, 2.24) is 9.55 Å². The molecular weight excluding hydrogens is 640 g/mol. The number of aromatic nitrogens is 2. The minimum atomic E-state index is -3.10. The normalized spacial score (nSPS) is 25.5. The molecule has 1 aromatic heterocycles. The van der Waals surface area contributed by atoms with Gasteiger partial charge in [-0.05, 0) is 53.4 Å². The van der Waals surface area contributed by atoms with Gasteiger partial charge in [0.15, 0.2) is 12.3 Å². The zero-order chi connectivity index (χ0) is 31.1. The zero-order valence-corrected chi connectivity index (χ0v) is 29.4. The molecule has 232 valence electrons. The number of hydrogen-bond acceptors (Lipinski definition) is 8. The maximum atomic E-state index is 13.5. The number of aromatic amines is 1. The largest absolute Gasteiger partial charge is 0.451 e. The Bertz CT molecular complexity index is 1380. The first-order valence-corrected chi connectivity index (χ1v) is 19.3. The summed E-state index contributed by atoms with van der Waals surface area (Å²) in [7, 11) is -5.95. The van der Waals surface area contributed by atoms with Gasteiger partial charge in [-0.15, -0.1) is 0 Å². The fraction of sp³-hybridized carbons (Fsp3) is 0.621. The van der Waals surface area contributed by atoms with Crippen LogP contribution in [0.5, 0.6) is 0 Å². The van der Waals surface area contributed by atoms with Crippen LogP contribution in [-0.2, 0) is 22.4 Å². The highest BCUT2D eigenvalue weighted by Gasteiger charge is 2.62. The molecule has 0 amide bonds. The molecule has 2 fully saturated rings. The van der Waals surface area contributed by atoms with Gasteiger partial charge in [0.25, 0.3) is 5.56 Å². The topological polar surface area (TPSA) is 118 Å². The van der Waals surface area contributed by atoms with Crippen LogP contribution in [0, 0.1) is 6.92 Å². The third-order valence-corrected chi connectivity index (χ3v) is 19.1. The number of fused-ring (bicyclic) bond motifs is 1. The van der Waals surface area contributed by atoms with Gasteiger partial charge >= 0.3 is 28.8 Å². The Morgan fingerprint density at radius 2 is 1.55 bits per heavy atom. The summed E-state index contributed by atoms with van der Waals surface area (Å²) in [5.41, 5.74) is -0.174. The second-order valence-electron chi connectivity index (χ2n) is 12.5. The molecule has 1 unspecified atom stereocenters. The molecule has 2 aromatic rings. The van der Waals surface area contributed by atoms with Crippen molar-refractivity contribution in [3.8, 4) is 0 Å². The fourth-order valence-electron chi connectivity index (χ4n) is 6.02. The van der Waals surface area contributed by atoms with E-state index in [2.05, 4.69) is 76.3 Å². The lowest BCUT2D eigenvalue weighted by atomic mass is 10.1. The van der Waals surface area contributed by atoms with Gasteiger partial charge in [0, 0.05) is 16.2 Å². The van der Waals surface area contributed by atoms with E-state index in [-0.39, 0.29) is 28.8 Å². The SMILES string of the molecule is Cc1cn([C@@H]2O[C@H]3CO[Si](C(C)C)(C(C)C)O[Si](C(C)C)(C(C)C)O[C@@H]3C2OC(=O)c2ccc(Br)cc2)c(=O)[nH]c1=O. The van der Waals surface area contributed by atoms with E-state index >= 15 is 0 Å². The number of esters is 1. The molecule has 4 rings (SSSR count). The summed E-state index contributed by atoms with van der Waals surface area (Å²) in [5, 5.41) is 0. The van der Waals surface area contributed by atoms with Crippen molar-refractivity contribution in [2.24, 2.45) is 0 Å². The van der Waals surface area contributed by atoms with Crippen LogP contribution < -0.4 is 11.2 Å². The number of carbonyl (C=O) groups is 1. The zero-order valence-electron chi connectivity index (χ0n) is 25.8. The number of ether oxygens (including phenoxy) is 2. The van der Waals surface area contributed by atoms with Gasteiger partial charge in [-0.2, -0.15) is 0 Å². The second-order valence-corrected chi connectivity index (χ2v) is 22.2. The van der Waals surface area contributed by atoms with Crippen LogP contribution in [0.25, 0.3) is 0 Å². The first-order valence-electron chi connectivity index (χ1n) is 14.6. The van der Waals surface area contributed by atoms with Gasteiger partial charge in [-0.1, -0.05) is 71.3 Å². The Morgan fingerprint density at radius 3 is 2.10 bits per heavy atom. The van der Waals surface area contributed by atoms with Crippen molar-refractivity contribution in [2.75, 3.05) is 6.61 Å². The summed E-state index contributed by atoms with van der Waals surface area (Å²) in [6.07, 6.45) is -2.10. The summed E-state index contributed by atoms with van der Waals surface area (Å²) in [6, 6.07) is 6.82. The lowest BCUT2D eigenvalue weighted by Gasteiger charge is -2.51. The van der Waals surface area contributed by atoms with E-state index in [0.717, 1.165) is 4.47 Å². The van der Waals surface area contributed by atoms with Gasteiger partial charge in [0.1, 0.15) is 12.2 Å². The van der Waals surface area contributed by atoms with E-state index in [0.29, 0.717) is 11.1 Å². The van der Waals surface area contributed by atoms with Crippen molar-refractivity contribution in [2.45, 2.75) is 109 Å². The van der Waals surface area contributed by atoms with Crippen LogP contribution in [0.15, 0.2) is 44.5 Å². The van der Waals surface area contributed by atoms with Crippen molar-refractivity contribution in [3.63, 3.8) is 0 Å². The molecular formula is C29H43BrN2O8Si2. The van der Waals surface area contributed by atoms with Gasteiger partial charge in [-0.3, -0.25) is 14.3 Å². The lowest BCUT2D eigenvalue weighted by molar-refractivity contribution is -0.0626. The summed E-state index contributed by atoms with van der Waals surface area (Å²) in [5.74, 6) is -0.585. The Kier molecular flexibility index (Phi) is 9.92. The number of rotatable bonds is 7. The molecule has 1 aromatic carbocycles. The monoisotopic (exact) mass is 682 g/mol. The highest BCUT2D eigenvalue weighted by molar-refractivity contribution is 9.10. The van der Waals surface area contributed by atoms with Gasteiger partial charge in [0.05, 0.1) is 12.2 Å². The molecule has 0 aliphatic carbocycles. The Morgan fingerprint density at radius 1 is 0.976 bits per heavy atom. The van der Waals surface area contributed by atoms with E-state index in [1.54, 1.807) is 31.2 Å². The molecule has 10 nitrogen and oxygen atoms in total. The average molecular weight is 684 g/mol.